The van der Waals surface area contributed by atoms with Crippen LogP contribution in [-0.2, 0) is 9.47 Å². The first-order chi connectivity index (χ1) is 14.6. The Bertz CT molecular complexity index is 1010. The Morgan fingerprint density at radius 1 is 1.06 bits per heavy atom. The number of hydrogen-bond acceptors (Lipinski definition) is 8. The number of rotatable bonds is 3. The lowest BCUT2D eigenvalue weighted by molar-refractivity contribution is 0.0426. The van der Waals surface area contributed by atoms with E-state index in [-0.39, 0.29) is 28.9 Å². The number of nitriles is 1. The van der Waals surface area contributed by atoms with Gasteiger partial charge in [0.05, 0.1) is 4.47 Å². The van der Waals surface area contributed by atoms with E-state index in [0.717, 1.165) is 0 Å². The summed E-state index contributed by atoms with van der Waals surface area (Å²) in [7, 11) is 0. The van der Waals surface area contributed by atoms with Crippen molar-refractivity contribution in [2.75, 3.05) is 4.90 Å². The van der Waals surface area contributed by atoms with Gasteiger partial charge in [0.25, 0.3) is 0 Å². The Morgan fingerprint density at radius 3 is 1.91 bits per heavy atom. The average Bonchev–Trinajstić information content (AvgIpc) is 2.98. The Balaban J connectivity index is 2.78. The van der Waals surface area contributed by atoms with Crippen molar-refractivity contribution in [2.45, 2.75) is 72.6 Å². The maximum Gasteiger partial charge on any atom is 0.425 e. The summed E-state index contributed by atoms with van der Waals surface area (Å²) in [6.07, 6.45) is 1.04. The van der Waals surface area contributed by atoms with Crippen LogP contribution >= 0.6 is 15.9 Å². The molecule has 2 aromatic rings. The molecule has 0 radical (unpaired) electrons. The minimum Gasteiger partial charge on any atom is -0.443 e. The summed E-state index contributed by atoms with van der Waals surface area (Å²) in [6.45, 7) is 13.6. The van der Waals surface area contributed by atoms with Crippen molar-refractivity contribution >= 4 is 33.9 Å². The molecule has 172 valence electrons. The summed E-state index contributed by atoms with van der Waals surface area (Å²) < 4.78 is 12.9. The monoisotopic (exact) mass is 506 g/mol. The van der Waals surface area contributed by atoms with Crippen LogP contribution < -0.4 is 4.90 Å². The number of halogens is 1. The number of carbonyl (C=O) groups excluding carboxylic acids is 2. The fraction of sp³-hybridized carbons (Fsp3) is 0.524. The minimum atomic E-state index is -0.992. The second-order valence-corrected chi connectivity index (χ2v) is 10.1. The highest BCUT2D eigenvalue weighted by Gasteiger charge is 2.39. The Kier molecular flexibility index (Phi) is 7.29. The van der Waals surface area contributed by atoms with E-state index in [1.54, 1.807) is 55.4 Å². The van der Waals surface area contributed by atoms with Crippen molar-refractivity contribution in [1.29, 1.82) is 5.26 Å². The number of nitrogens with zero attached hydrogens (tertiary/aromatic N) is 6. The van der Waals surface area contributed by atoms with Crippen molar-refractivity contribution in [2.24, 2.45) is 0 Å². The lowest BCUT2D eigenvalue weighted by Crippen LogP contribution is -2.45. The highest BCUT2D eigenvalue weighted by molar-refractivity contribution is 9.10. The predicted octanol–water partition coefficient (Wildman–Crippen LogP) is 5.23. The second-order valence-electron chi connectivity index (χ2n) is 9.22. The van der Waals surface area contributed by atoms with Gasteiger partial charge in [0.15, 0.2) is 11.6 Å². The van der Waals surface area contributed by atoms with Crippen LogP contribution in [0.2, 0.25) is 0 Å². The van der Waals surface area contributed by atoms with E-state index >= 15 is 0 Å². The molecule has 0 saturated carbocycles. The fourth-order valence-electron chi connectivity index (χ4n) is 2.56. The van der Waals surface area contributed by atoms with Gasteiger partial charge in [-0.15, -0.1) is 0 Å². The molecule has 0 unspecified atom stereocenters. The lowest BCUT2D eigenvalue weighted by atomic mass is 10.2. The first-order valence-electron chi connectivity index (χ1n) is 9.91. The quantitative estimate of drug-likeness (QED) is 0.553. The zero-order valence-corrected chi connectivity index (χ0v) is 21.0. The molecule has 2 rings (SSSR count). The van der Waals surface area contributed by atoms with E-state index < -0.39 is 23.4 Å². The normalized spacial score (nSPS) is 11.8. The van der Waals surface area contributed by atoms with E-state index in [4.69, 9.17) is 9.47 Å². The molecule has 2 heterocycles. The summed E-state index contributed by atoms with van der Waals surface area (Å²) in [6, 6.07) is 1.71. The summed E-state index contributed by atoms with van der Waals surface area (Å²) in [5, 5.41) is 14.4. The van der Waals surface area contributed by atoms with E-state index in [2.05, 4.69) is 31.0 Å². The van der Waals surface area contributed by atoms with Gasteiger partial charge in [0.1, 0.15) is 28.5 Å². The predicted molar refractivity (Wildman–Crippen MR) is 121 cm³/mol. The number of aromatic nitrogens is 4. The minimum absolute atomic E-state index is 0.0576. The third-order valence-electron chi connectivity index (χ3n) is 3.68. The van der Waals surface area contributed by atoms with E-state index in [1.165, 1.54) is 17.1 Å². The molecule has 0 aliphatic heterocycles. The molecule has 0 spiro atoms. The molecule has 32 heavy (non-hydrogen) atoms. The standard InChI is InChI=1S/C21H27BrN6O4/c1-12(2)28-17(14(9-23)15(26-28)16-24-10-13(22)11-25-16)27(18(29)31-20(3,4)5)19(30)32-21(6,7)8/h10-12H,1-8H3. The van der Waals surface area contributed by atoms with Crippen LogP contribution in [0, 0.1) is 11.3 Å². The molecule has 0 N–H and O–H groups in total. The van der Waals surface area contributed by atoms with Gasteiger partial charge < -0.3 is 9.47 Å². The largest absolute Gasteiger partial charge is 0.443 e. The van der Waals surface area contributed by atoms with Crippen molar-refractivity contribution in [3.63, 3.8) is 0 Å². The zero-order chi connectivity index (χ0) is 24.4. The molecule has 0 aliphatic carbocycles. The molecule has 0 aromatic carbocycles. The zero-order valence-electron chi connectivity index (χ0n) is 19.4. The fourth-order valence-corrected chi connectivity index (χ4v) is 2.76. The van der Waals surface area contributed by atoms with E-state index in [9.17, 15) is 14.9 Å². The summed E-state index contributed by atoms with van der Waals surface area (Å²) in [4.78, 5) is 35.4. The van der Waals surface area contributed by atoms with Crippen LogP contribution in [0.1, 0.15) is 67.0 Å². The van der Waals surface area contributed by atoms with Gasteiger partial charge in [-0.3, -0.25) is 0 Å². The van der Waals surface area contributed by atoms with Crippen LogP contribution in [0.25, 0.3) is 11.5 Å². The van der Waals surface area contributed by atoms with Gasteiger partial charge in [0.2, 0.25) is 0 Å². The van der Waals surface area contributed by atoms with Gasteiger partial charge in [0, 0.05) is 18.4 Å². The maximum absolute atomic E-state index is 13.1. The number of anilines is 1. The number of ether oxygens (including phenoxy) is 2. The molecular formula is C21H27BrN6O4. The first kappa shape index (κ1) is 25.3. The third-order valence-corrected chi connectivity index (χ3v) is 4.09. The van der Waals surface area contributed by atoms with E-state index in [0.29, 0.717) is 9.37 Å². The highest BCUT2D eigenvalue weighted by atomic mass is 79.9. The smallest absolute Gasteiger partial charge is 0.425 e. The molecular weight excluding hydrogens is 480 g/mol. The molecule has 0 fully saturated rings. The average molecular weight is 507 g/mol. The molecule has 0 bridgehead atoms. The van der Waals surface area contributed by atoms with Gasteiger partial charge in [-0.1, -0.05) is 0 Å². The van der Waals surface area contributed by atoms with Gasteiger partial charge in [-0.25, -0.2) is 24.2 Å². The number of carbonyl (C=O) groups is 2. The maximum atomic E-state index is 13.1. The number of imide groups is 1. The number of hydrogen-bond donors (Lipinski definition) is 0. The second kappa shape index (κ2) is 9.24. The molecule has 11 heteroatoms. The molecule has 10 nitrogen and oxygen atoms in total. The van der Waals surface area contributed by atoms with Crippen LogP contribution in [-0.4, -0.2) is 43.1 Å². The first-order valence-corrected chi connectivity index (χ1v) is 10.7. The SMILES string of the molecule is CC(C)n1nc(-c2ncc(Br)cn2)c(C#N)c1N(C(=O)OC(C)(C)C)C(=O)OC(C)(C)C. The Hall–Kier alpha value is -3.00. The topological polar surface area (TPSA) is 123 Å². The van der Waals surface area contributed by atoms with E-state index in [1.807, 2.05) is 6.07 Å². The van der Waals surface area contributed by atoms with Crippen molar-refractivity contribution in [3.05, 3.63) is 22.4 Å². The molecule has 0 saturated heterocycles. The van der Waals surface area contributed by atoms with Crippen molar-refractivity contribution in [1.82, 2.24) is 19.7 Å². The molecule has 0 atom stereocenters. The van der Waals surface area contributed by atoms with Crippen LogP contribution in [0.3, 0.4) is 0 Å². The highest BCUT2D eigenvalue weighted by Crippen LogP contribution is 2.33. The van der Waals surface area contributed by atoms with Gasteiger partial charge >= 0.3 is 12.2 Å². The van der Waals surface area contributed by atoms with Crippen LogP contribution in [0.15, 0.2) is 16.9 Å². The lowest BCUT2D eigenvalue weighted by Gasteiger charge is -2.29. The Labute approximate surface area is 195 Å². The Morgan fingerprint density at radius 2 is 1.53 bits per heavy atom. The van der Waals surface area contributed by atoms with Crippen LogP contribution in [0.5, 0.6) is 0 Å². The van der Waals surface area contributed by atoms with Gasteiger partial charge in [-0.2, -0.15) is 15.3 Å². The molecule has 2 aromatic heterocycles. The summed E-state index contributed by atoms with van der Waals surface area (Å²) >= 11 is 3.27. The van der Waals surface area contributed by atoms with Crippen molar-refractivity contribution < 1.29 is 19.1 Å². The van der Waals surface area contributed by atoms with Crippen molar-refractivity contribution in [3.8, 4) is 17.6 Å². The molecule has 0 aliphatic rings. The number of amides is 2. The summed E-state index contributed by atoms with van der Waals surface area (Å²) in [5.41, 5.74) is -1.73. The third kappa shape index (κ3) is 6.03. The van der Waals surface area contributed by atoms with Crippen LogP contribution in [0.4, 0.5) is 15.4 Å². The summed E-state index contributed by atoms with van der Waals surface area (Å²) in [5.74, 6) is 0.0891. The molecule has 2 amide bonds. The van der Waals surface area contributed by atoms with Gasteiger partial charge in [-0.05, 0) is 71.3 Å².